The Morgan fingerprint density at radius 3 is 2.36 bits per heavy atom. The van der Waals surface area contributed by atoms with Gasteiger partial charge in [-0.1, -0.05) is 12.1 Å². The molecule has 2 aromatic rings. The van der Waals surface area contributed by atoms with Gasteiger partial charge in [-0.15, -0.1) is 0 Å². The predicted octanol–water partition coefficient (Wildman–Crippen LogP) is 3.22. The average Bonchev–Trinajstić information content (AvgIpc) is 3.22. The molecule has 1 atom stereocenters. The third kappa shape index (κ3) is 5.45. The van der Waals surface area contributed by atoms with E-state index in [1.165, 1.54) is 42.7 Å². The van der Waals surface area contributed by atoms with Crippen molar-refractivity contribution >= 4 is 11.6 Å². The van der Waals surface area contributed by atoms with Crippen LogP contribution in [0.25, 0.3) is 0 Å². The van der Waals surface area contributed by atoms with E-state index in [9.17, 15) is 9.18 Å². The fourth-order valence-electron chi connectivity index (χ4n) is 3.45. The molecule has 1 aliphatic heterocycles. The van der Waals surface area contributed by atoms with E-state index < -0.39 is 0 Å². The van der Waals surface area contributed by atoms with Crippen LogP contribution < -0.4 is 15.0 Å². The van der Waals surface area contributed by atoms with Gasteiger partial charge in [0.2, 0.25) is 0 Å². The van der Waals surface area contributed by atoms with Crippen LogP contribution in [-0.4, -0.2) is 51.1 Å². The number of nitrogens with zero attached hydrogens (tertiary/aromatic N) is 2. The maximum Gasteiger partial charge on any atom is 0.258 e. The molecule has 2 aromatic carbocycles. The molecule has 1 saturated heterocycles. The minimum atomic E-state index is -0.328. The summed E-state index contributed by atoms with van der Waals surface area (Å²) < 4.78 is 18.4. The van der Waals surface area contributed by atoms with Gasteiger partial charge in [0, 0.05) is 26.3 Å². The van der Waals surface area contributed by atoms with Crippen molar-refractivity contribution in [3.63, 3.8) is 0 Å². The van der Waals surface area contributed by atoms with E-state index >= 15 is 0 Å². The molecule has 28 heavy (non-hydrogen) atoms. The van der Waals surface area contributed by atoms with Gasteiger partial charge in [0.25, 0.3) is 5.91 Å². The van der Waals surface area contributed by atoms with Gasteiger partial charge in [0.1, 0.15) is 11.6 Å². The first-order valence-corrected chi connectivity index (χ1v) is 9.69. The molecule has 0 aromatic heterocycles. The largest absolute Gasteiger partial charge is 0.484 e. The maximum atomic E-state index is 12.9. The zero-order chi connectivity index (χ0) is 19.9. The number of ether oxygens (including phenoxy) is 1. The van der Waals surface area contributed by atoms with Crippen molar-refractivity contribution in [2.24, 2.45) is 0 Å². The molecular weight excluding hydrogens is 357 g/mol. The highest BCUT2D eigenvalue weighted by molar-refractivity contribution is 5.77. The van der Waals surface area contributed by atoms with Gasteiger partial charge in [-0.3, -0.25) is 9.69 Å². The number of hydrogen-bond acceptors (Lipinski definition) is 4. The lowest BCUT2D eigenvalue weighted by molar-refractivity contribution is -0.123. The monoisotopic (exact) mass is 385 g/mol. The smallest absolute Gasteiger partial charge is 0.258 e. The summed E-state index contributed by atoms with van der Waals surface area (Å²) in [6, 6.07) is 14.3. The Hall–Kier alpha value is -2.60. The minimum absolute atomic E-state index is 0.0854. The number of anilines is 1. The molecule has 3 rings (SSSR count). The fraction of sp³-hybridized carbons (Fsp3) is 0.409. The second kappa shape index (κ2) is 9.55. The summed E-state index contributed by atoms with van der Waals surface area (Å²) in [5.41, 5.74) is 2.35. The Morgan fingerprint density at radius 2 is 1.75 bits per heavy atom. The number of likely N-dealkylation sites (tertiary alicyclic amines) is 1. The second-order valence-corrected chi connectivity index (χ2v) is 7.29. The highest BCUT2D eigenvalue weighted by atomic mass is 19.1. The Labute approximate surface area is 166 Å². The van der Waals surface area contributed by atoms with Gasteiger partial charge in [0.15, 0.2) is 6.61 Å². The molecular formula is C22H28FN3O2. The number of nitrogens with one attached hydrogen (secondary N) is 1. The zero-order valence-corrected chi connectivity index (χ0v) is 16.5. The summed E-state index contributed by atoms with van der Waals surface area (Å²) in [6.45, 7) is 2.54. The van der Waals surface area contributed by atoms with Crippen molar-refractivity contribution in [2.75, 3.05) is 45.2 Å². The molecule has 1 N–H and O–H groups in total. The van der Waals surface area contributed by atoms with Crippen LogP contribution in [0.5, 0.6) is 5.75 Å². The first kappa shape index (κ1) is 20.1. The van der Waals surface area contributed by atoms with Gasteiger partial charge >= 0.3 is 0 Å². The summed E-state index contributed by atoms with van der Waals surface area (Å²) in [5.74, 6) is -0.0316. The van der Waals surface area contributed by atoms with E-state index in [4.69, 9.17) is 4.74 Å². The van der Waals surface area contributed by atoms with Gasteiger partial charge < -0.3 is 15.0 Å². The number of halogens is 1. The second-order valence-electron chi connectivity index (χ2n) is 7.29. The minimum Gasteiger partial charge on any atom is -0.484 e. The Bertz CT molecular complexity index is 756. The van der Waals surface area contributed by atoms with Crippen molar-refractivity contribution in [3.05, 3.63) is 59.9 Å². The lowest BCUT2D eigenvalue weighted by Crippen LogP contribution is -2.38. The van der Waals surface area contributed by atoms with Crippen LogP contribution in [0.1, 0.15) is 24.4 Å². The highest BCUT2D eigenvalue weighted by Gasteiger charge is 2.24. The summed E-state index contributed by atoms with van der Waals surface area (Å²) in [4.78, 5) is 16.7. The summed E-state index contributed by atoms with van der Waals surface area (Å²) in [7, 11) is 4.04. The molecule has 0 radical (unpaired) electrons. The van der Waals surface area contributed by atoms with Crippen molar-refractivity contribution < 1.29 is 13.9 Å². The average molecular weight is 385 g/mol. The molecule has 0 spiro atoms. The molecule has 6 heteroatoms. The van der Waals surface area contributed by atoms with Gasteiger partial charge in [-0.05, 0) is 67.9 Å². The molecule has 1 amide bonds. The number of amides is 1. The first-order chi connectivity index (χ1) is 13.5. The molecule has 1 aliphatic rings. The molecule has 0 aliphatic carbocycles. The molecule has 1 heterocycles. The van der Waals surface area contributed by atoms with E-state index in [1.807, 2.05) is 14.1 Å². The van der Waals surface area contributed by atoms with E-state index in [1.54, 1.807) is 0 Å². The summed E-state index contributed by atoms with van der Waals surface area (Å²) in [5, 5.41) is 2.99. The van der Waals surface area contributed by atoms with Crippen LogP contribution in [0.4, 0.5) is 10.1 Å². The van der Waals surface area contributed by atoms with Crippen LogP contribution in [0.3, 0.4) is 0 Å². The van der Waals surface area contributed by atoms with Crippen molar-refractivity contribution in [1.29, 1.82) is 0 Å². The standard InChI is InChI=1S/C22H28FN3O2/c1-25(2)19-9-5-17(6-10-19)21(26-13-3-4-14-26)15-24-22(27)16-28-20-11-7-18(23)8-12-20/h5-12,21H,3-4,13-16H2,1-2H3,(H,24,27)/t21-/m0/s1. The number of rotatable bonds is 8. The Kier molecular flexibility index (Phi) is 6.87. The summed E-state index contributed by atoms with van der Waals surface area (Å²) in [6.07, 6.45) is 2.38. The van der Waals surface area contributed by atoms with Gasteiger partial charge in [0.05, 0.1) is 6.04 Å². The number of carbonyl (C=O) groups is 1. The number of carbonyl (C=O) groups excluding carboxylic acids is 1. The fourth-order valence-corrected chi connectivity index (χ4v) is 3.45. The number of benzene rings is 2. The lowest BCUT2D eigenvalue weighted by atomic mass is 10.0. The van der Waals surface area contributed by atoms with Crippen molar-refractivity contribution in [1.82, 2.24) is 10.2 Å². The Morgan fingerprint density at radius 1 is 1.11 bits per heavy atom. The quantitative estimate of drug-likeness (QED) is 0.758. The molecule has 0 unspecified atom stereocenters. The SMILES string of the molecule is CN(C)c1ccc([C@H](CNC(=O)COc2ccc(F)cc2)N2CCCC2)cc1. The van der Waals surface area contributed by atoms with Crippen molar-refractivity contribution in [2.45, 2.75) is 18.9 Å². The maximum absolute atomic E-state index is 12.9. The molecule has 0 saturated carbocycles. The third-order valence-electron chi connectivity index (χ3n) is 5.05. The number of hydrogen-bond donors (Lipinski definition) is 1. The van der Waals surface area contributed by atoms with Crippen LogP contribution in [0, 0.1) is 5.82 Å². The molecule has 0 bridgehead atoms. The normalized spacial score (nSPS) is 15.2. The highest BCUT2D eigenvalue weighted by Crippen LogP contribution is 2.26. The molecule has 150 valence electrons. The Balaban J connectivity index is 1.58. The van der Waals surface area contributed by atoms with Crippen LogP contribution >= 0.6 is 0 Å². The molecule has 5 nitrogen and oxygen atoms in total. The van der Waals surface area contributed by atoms with E-state index in [-0.39, 0.29) is 24.4 Å². The van der Waals surface area contributed by atoms with E-state index in [0.717, 1.165) is 18.8 Å². The van der Waals surface area contributed by atoms with Crippen molar-refractivity contribution in [3.8, 4) is 5.75 Å². The lowest BCUT2D eigenvalue weighted by Gasteiger charge is -2.28. The van der Waals surface area contributed by atoms with Crippen LogP contribution in [0.2, 0.25) is 0 Å². The van der Waals surface area contributed by atoms with E-state index in [0.29, 0.717) is 12.3 Å². The van der Waals surface area contributed by atoms with Gasteiger partial charge in [-0.25, -0.2) is 4.39 Å². The van der Waals surface area contributed by atoms with Crippen LogP contribution in [0.15, 0.2) is 48.5 Å². The zero-order valence-electron chi connectivity index (χ0n) is 16.5. The molecule has 1 fully saturated rings. The predicted molar refractivity (Wildman–Crippen MR) is 109 cm³/mol. The van der Waals surface area contributed by atoms with E-state index in [2.05, 4.69) is 39.4 Å². The topological polar surface area (TPSA) is 44.8 Å². The van der Waals surface area contributed by atoms with Gasteiger partial charge in [-0.2, -0.15) is 0 Å². The van der Waals surface area contributed by atoms with Crippen LogP contribution in [-0.2, 0) is 4.79 Å². The summed E-state index contributed by atoms with van der Waals surface area (Å²) >= 11 is 0. The third-order valence-corrected chi connectivity index (χ3v) is 5.05. The first-order valence-electron chi connectivity index (χ1n) is 9.69.